The molecule has 2 rings (SSSR count). The van der Waals surface area contributed by atoms with Crippen LogP contribution >= 0.6 is 11.6 Å². The van der Waals surface area contributed by atoms with Crippen molar-refractivity contribution in [2.75, 3.05) is 6.54 Å². The van der Waals surface area contributed by atoms with Gasteiger partial charge in [-0.3, -0.25) is 4.79 Å². The zero-order valence-corrected chi connectivity index (χ0v) is 12.9. The molecule has 116 valence electrons. The van der Waals surface area contributed by atoms with Crippen LogP contribution in [0.25, 0.3) is 0 Å². The summed E-state index contributed by atoms with van der Waals surface area (Å²) in [5.74, 6) is -2.27. The number of sulfonamides is 1. The molecule has 1 atom stereocenters. The topological polar surface area (TPSA) is 74.7 Å². The fourth-order valence-electron chi connectivity index (χ4n) is 2.72. The first-order chi connectivity index (χ1) is 9.77. The minimum Gasteiger partial charge on any atom is -0.480 e. The van der Waals surface area contributed by atoms with Crippen LogP contribution in [0.5, 0.6) is 0 Å². The van der Waals surface area contributed by atoms with Crippen LogP contribution in [0.4, 0.5) is 4.39 Å². The number of rotatable bonds is 4. The van der Waals surface area contributed by atoms with E-state index in [1.807, 2.05) is 0 Å². The van der Waals surface area contributed by atoms with E-state index in [2.05, 4.69) is 0 Å². The number of carboxylic acid groups (broad SMARTS) is 1. The van der Waals surface area contributed by atoms with Crippen molar-refractivity contribution in [2.24, 2.45) is 0 Å². The van der Waals surface area contributed by atoms with Gasteiger partial charge in [-0.05, 0) is 31.4 Å². The molecule has 0 radical (unpaired) electrons. The van der Waals surface area contributed by atoms with Gasteiger partial charge < -0.3 is 5.11 Å². The number of halogens is 2. The van der Waals surface area contributed by atoms with Crippen LogP contribution in [-0.4, -0.2) is 35.9 Å². The molecule has 1 aromatic carbocycles. The van der Waals surface area contributed by atoms with Crippen LogP contribution in [0.3, 0.4) is 0 Å². The van der Waals surface area contributed by atoms with E-state index in [0.29, 0.717) is 6.42 Å². The Hall–Kier alpha value is -1.18. The Balaban J connectivity index is 2.58. The summed E-state index contributed by atoms with van der Waals surface area (Å²) in [6.07, 6.45) is 0.742. The second-order valence-electron chi connectivity index (χ2n) is 4.92. The largest absolute Gasteiger partial charge is 0.480 e. The van der Waals surface area contributed by atoms with Gasteiger partial charge in [-0.1, -0.05) is 24.6 Å². The van der Waals surface area contributed by atoms with Gasteiger partial charge in [-0.2, -0.15) is 4.31 Å². The summed E-state index contributed by atoms with van der Waals surface area (Å²) in [6.45, 7) is 1.66. The molecule has 1 aliphatic heterocycles. The third kappa shape index (κ3) is 2.43. The van der Waals surface area contributed by atoms with Gasteiger partial charge in [0.25, 0.3) is 0 Å². The third-order valence-corrected chi connectivity index (χ3v) is 6.17. The summed E-state index contributed by atoms with van der Waals surface area (Å²) in [7, 11) is -4.26. The van der Waals surface area contributed by atoms with Crippen LogP contribution in [0.2, 0.25) is 5.02 Å². The quantitative estimate of drug-likeness (QED) is 0.917. The van der Waals surface area contributed by atoms with Gasteiger partial charge in [0.2, 0.25) is 10.0 Å². The highest BCUT2D eigenvalue weighted by Gasteiger charge is 2.52. The van der Waals surface area contributed by atoms with Crippen molar-refractivity contribution in [3.05, 3.63) is 29.0 Å². The number of hydrogen-bond donors (Lipinski definition) is 1. The molecule has 5 nitrogen and oxygen atoms in total. The lowest BCUT2D eigenvalue weighted by molar-refractivity contribution is -0.147. The Kier molecular flexibility index (Phi) is 4.28. The Morgan fingerprint density at radius 2 is 2.19 bits per heavy atom. The van der Waals surface area contributed by atoms with Gasteiger partial charge in [0.05, 0.1) is 5.02 Å². The van der Waals surface area contributed by atoms with Gasteiger partial charge in [-0.15, -0.1) is 0 Å². The minimum absolute atomic E-state index is 0.0500. The van der Waals surface area contributed by atoms with E-state index >= 15 is 0 Å². The lowest BCUT2D eigenvalue weighted by Gasteiger charge is -2.32. The first-order valence-corrected chi connectivity index (χ1v) is 8.29. The van der Waals surface area contributed by atoms with Gasteiger partial charge in [-0.25, -0.2) is 12.8 Å². The molecule has 0 spiro atoms. The van der Waals surface area contributed by atoms with Crippen LogP contribution < -0.4 is 0 Å². The van der Waals surface area contributed by atoms with Gasteiger partial charge in [0.15, 0.2) is 5.82 Å². The highest BCUT2D eigenvalue weighted by molar-refractivity contribution is 7.89. The smallest absolute Gasteiger partial charge is 0.325 e. The van der Waals surface area contributed by atoms with Crippen LogP contribution in [-0.2, 0) is 14.8 Å². The van der Waals surface area contributed by atoms with Crippen molar-refractivity contribution in [2.45, 2.75) is 36.6 Å². The lowest BCUT2D eigenvalue weighted by atomic mass is 9.95. The SMILES string of the molecule is CCC1(C(=O)O)CCCN1S(=O)(=O)c1cccc(Cl)c1F. The highest BCUT2D eigenvalue weighted by atomic mass is 35.5. The molecular weight excluding hydrogens is 321 g/mol. The molecule has 1 unspecified atom stereocenters. The van der Waals surface area contributed by atoms with Crippen LogP contribution in [0, 0.1) is 5.82 Å². The zero-order chi connectivity index (χ0) is 15.8. The second-order valence-corrected chi connectivity index (χ2v) is 7.16. The molecule has 0 amide bonds. The van der Waals surface area contributed by atoms with Crippen molar-refractivity contribution < 1.29 is 22.7 Å². The maximum Gasteiger partial charge on any atom is 0.325 e. The maximum atomic E-state index is 14.0. The third-order valence-electron chi connectivity index (χ3n) is 3.90. The molecular formula is C13H15ClFNO4S. The Labute approximate surface area is 127 Å². The monoisotopic (exact) mass is 335 g/mol. The van der Waals surface area contributed by atoms with Crippen molar-refractivity contribution in [3.8, 4) is 0 Å². The summed E-state index contributed by atoms with van der Waals surface area (Å²) < 4.78 is 40.2. The number of nitrogens with zero attached hydrogens (tertiary/aromatic N) is 1. The number of carboxylic acids is 1. The molecule has 1 aliphatic rings. The average Bonchev–Trinajstić information content (AvgIpc) is 2.87. The summed E-state index contributed by atoms with van der Waals surface area (Å²) in [6, 6.07) is 3.66. The molecule has 0 aromatic heterocycles. The first-order valence-electron chi connectivity index (χ1n) is 6.47. The van der Waals surface area contributed by atoms with Gasteiger partial charge >= 0.3 is 5.97 Å². The van der Waals surface area contributed by atoms with E-state index in [0.717, 1.165) is 10.4 Å². The van der Waals surface area contributed by atoms with E-state index in [-0.39, 0.29) is 24.4 Å². The summed E-state index contributed by atoms with van der Waals surface area (Å²) >= 11 is 5.62. The molecule has 1 heterocycles. The average molecular weight is 336 g/mol. The Bertz CT molecular complexity index is 679. The van der Waals surface area contributed by atoms with Crippen molar-refractivity contribution in [1.29, 1.82) is 0 Å². The molecule has 1 saturated heterocycles. The molecule has 8 heteroatoms. The number of aliphatic carboxylic acids is 1. The van der Waals surface area contributed by atoms with Crippen molar-refractivity contribution >= 4 is 27.6 Å². The van der Waals surface area contributed by atoms with E-state index in [4.69, 9.17) is 11.6 Å². The van der Waals surface area contributed by atoms with Gasteiger partial charge in [0.1, 0.15) is 10.4 Å². The second kappa shape index (κ2) is 5.55. The Morgan fingerprint density at radius 1 is 1.52 bits per heavy atom. The number of benzene rings is 1. The fourth-order valence-corrected chi connectivity index (χ4v) is 4.91. The van der Waals surface area contributed by atoms with Crippen molar-refractivity contribution in [3.63, 3.8) is 0 Å². The van der Waals surface area contributed by atoms with Crippen molar-refractivity contribution in [1.82, 2.24) is 4.31 Å². The van der Waals surface area contributed by atoms with E-state index in [1.54, 1.807) is 6.92 Å². The minimum atomic E-state index is -4.26. The lowest BCUT2D eigenvalue weighted by Crippen LogP contribution is -2.52. The number of hydrogen-bond acceptors (Lipinski definition) is 3. The fraction of sp³-hybridized carbons (Fsp3) is 0.462. The predicted octanol–water partition coefficient (Wildman–Crippen LogP) is 2.50. The first kappa shape index (κ1) is 16.2. The summed E-state index contributed by atoms with van der Waals surface area (Å²) in [5.41, 5.74) is -1.52. The molecule has 21 heavy (non-hydrogen) atoms. The normalized spacial score (nSPS) is 23.4. The van der Waals surface area contributed by atoms with Crippen LogP contribution in [0.15, 0.2) is 23.1 Å². The highest BCUT2D eigenvalue weighted by Crippen LogP contribution is 2.38. The molecule has 1 N–H and O–H groups in total. The number of carbonyl (C=O) groups is 1. The summed E-state index contributed by atoms with van der Waals surface area (Å²) in [4.78, 5) is 11.0. The van der Waals surface area contributed by atoms with E-state index < -0.39 is 32.2 Å². The predicted molar refractivity (Wildman–Crippen MR) is 75.2 cm³/mol. The zero-order valence-electron chi connectivity index (χ0n) is 11.3. The van der Waals surface area contributed by atoms with Crippen LogP contribution in [0.1, 0.15) is 26.2 Å². The molecule has 1 fully saturated rings. The molecule has 1 aromatic rings. The molecule has 0 bridgehead atoms. The Morgan fingerprint density at radius 3 is 2.76 bits per heavy atom. The van der Waals surface area contributed by atoms with E-state index in [9.17, 15) is 22.7 Å². The molecule has 0 aliphatic carbocycles. The molecule has 0 saturated carbocycles. The standard InChI is InChI=1S/C13H15ClFNO4S/c1-2-13(12(17)18)7-4-8-16(13)21(19,20)10-6-3-5-9(14)11(10)15/h3,5-6H,2,4,7-8H2,1H3,(H,17,18). The summed E-state index contributed by atoms with van der Waals surface area (Å²) in [5, 5.41) is 9.13. The van der Waals surface area contributed by atoms with Gasteiger partial charge in [0, 0.05) is 6.54 Å². The van der Waals surface area contributed by atoms with E-state index in [1.165, 1.54) is 12.1 Å². The maximum absolute atomic E-state index is 14.0.